The van der Waals surface area contributed by atoms with Gasteiger partial charge in [-0.05, 0) is 73.2 Å². The second-order valence-corrected chi connectivity index (χ2v) is 10.7. The van der Waals surface area contributed by atoms with E-state index in [1.807, 2.05) is 79.7 Å². The van der Waals surface area contributed by atoms with Crippen LogP contribution < -0.4 is 10.1 Å². The van der Waals surface area contributed by atoms with E-state index in [1.54, 1.807) is 0 Å². The van der Waals surface area contributed by atoms with Gasteiger partial charge in [-0.15, -0.1) is 0 Å². The molecule has 1 N–H and O–H groups in total. The van der Waals surface area contributed by atoms with Crippen molar-refractivity contribution in [2.24, 2.45) is 0 Å². The van der Waals surface area contributed by atoms with Gasteiger partial charge in [-0.1, -0.05) is 85.3 Å². The molecular weight excluding hydrogens is 483 g/mol. The van der Waals surface area contributed by atoms with Gasteiger partial charge in [-0.25, -0.2) is 4.39 Å². The number of benzene rings is 4. The summed E-state index contributed by atoms with van der Waals surface area (Å²) in [5, 5.41) is 4.22. The number of hydrogen-bond acceptors (Lipinski definition) is 2. The first-order chi connectivity index (χ1) is 19.2. The monoisotopic (exact) mass is 518 g/mol. The molecule has 1 aliphatic carbocycles. The van der Waals surface area contributed by atoms with Gasteiger partial charge in [-0.2, -0.15) is 0 Å². The summed E-state index contributed by atoms with van der Waals surface area (Å²) in [6.07, 6.45) is 5.00. The van der Waals surface area contributed by atoms with Crippen LogP contribution in [0.3, 0.4) is 0 Å². The maximum absolute atomic E-state index is 16.2. The average Bonchev–Trinajstić information content (AvgIpc) is 3.21. The molecule has 0 spiro atoms. The van der Waals surface area contributed by atoms with E-state index in [0.717, 1.165) is 40.7 Å². The summed E-state index contributed by atoms with van der Waals surface area (Å²) in [7, 11) is 0. The minimum atomic E-state index is -0.205. The number of nitrogens with zero attached hydrogens (tertiary/aromatic N) is 1. The standard InChI is InChI=1S/C35H35FN2O/c1-25-8-5-6-13-31(25)35-34(36)32-22-30(39-24-28-9-3-2-4-10-28)18-19-33(32)38(35)23-27-16-14-26(15-17-27)20-21-37-29-11-7-12-29/h2-6,8-10,13-19,22,29,37H,7,11-12,20-21,23-24H2,1H3. The summed E-state index contributed by atoms with van der Waals surface area (Å²) in [6.45, 7) is 4.10. The van der Waals surface area contributed by atoms with Crippen molar-refractivity contribution < 1.29 is 9.13 Å². The van der Waals surface area contributed by atoms with Crippen molar-refractivity contribution in [1.82, 2.24) is 9.88 Å². The van der Waals surface area contributed by atoms with Crippen LogP contribution in [0.25, 0.3) is 22.2 Å². The average molecular weight is 519 g/mol. The van der Waals surface area contributed by atoms with Gasteiger partial charge in [0.2, 0.25) is 0 Å². The minimum absolute atomic E-state index is 0.205. The molecule has 5 aromatic rings. The van der Waals surface area contributed by atoms with E-state index in [4.69, 9.17) is 4.74 Å². The third-order valence-corrected chi connectivity index (χ3v) is 7.94. The summed E-state index contributed by atoms with van der Waals surface area (Å²) in [5.41, 5.74) is 7.02. The quantitative estimate of drug-likeness (QED) is 0.202. The number of fused-ring (bicyclic) bond motifs is 1. The number of ether oxygens (including phenoxy) is 1. The molecule has 4 heteroatoms. The second kappa shape index (κ2) is 11.5. The lowest BCUT2D eigenvalue weighted by Crippen LogP contribution is -2.36. The third kappa shape index (κ3) is 5.62. The van der Waals surface area contributed by atoms with Gasteiger partial charge in [0.1, 0.15) is 12.4 Å². The first kappa shape index (κ1) is 25.4. The molecule has 0 unspecified atom stereocenters. The Hall–Kier alpha value is -3.89. The predicted molar refractivity (Wildman–Crippen MR) is 158 cm³/mol. The Bertz CT molecular complexity index is 1550. The molecule has 0 aliphatic heterocycles. The van der Waals surface area contributed by atoms with Crippen LogP contribution in [0.15, 0.2) is 97.1 Å². The second-order valence-electron chi connectivity index (χ2n) is 10.7. The molecule has 3 nitrogen and oxygen atoms in total. The lowest BCUT2D eigenvalue weighted by atomic mass is 9.93. The number of aryl methyl sites for hydroxylation is 1. The highest BCUT2D eigenvalue weighted by Gasteiger charge is 2.21. The van der Waals surface area contributed by atoms with E-state index in [2.05, 4.69) is 34.1 Å². The van der Waals surface area contributed by atoms with E-state index in [0.29, 0.717) is 36.0 Å². The molecule has 0 atom stereocenters. The zero-order valence-electron chi connectivity index (χ0n) is 22.5. The summed E-state index contributed by atoms with van der Waals surface area (Å²) in [5.74, 6) is 0.460. The molecule has 39 heavy (non-hydrogen) atoms. The predicted octanol–water partition coefficient (Wildman–Crippen LogP) is 8.07. The fourth-order valence-electron chi connectivity index (χ4n) is 5.42. The van der Waals surface area contributed by atoms with Crippen molar-refractivity contribution >= 4 is 10.9 Å². The van der Waals surface area contributed by atoms with Crippen molar-refractivity contribution in [3.63, 3.8) is 0 Å². The van der Waals surface area contributed by atoms with Crippen LogP contribution in [-0.4, -0.2) is 17.2 Å². The molecule has 0 radical (unpaired) electrons. The third-order valence-electron chi connectivity index (χ3n) is 7.94. The van der Waals surface area contributed by atoms with E-state index in [9.17, 15) is 0 Å². The first-order valence-electron chi connectivity index (χ1n) is 14.0. The van der Waals surface area contributed by atoms with Crippen LogP contribution in [0.1, 0.15) is 41.5 Å². The smallest absolute Gasteiger partial charge is 0.156 e. The van der Waals surface area contributed by atoms with E-state index >= 15 is 4.39 Å². The summed E-state index contributed by atoms with van der Waals surface area (Å²) >= 11 is 0. The molecule has 1 aromatic heterocycles. The van der Waals surface area contributed by atoms with E-state index in [1.165, 1.54) is 24.8 Å². The maximum atomic E-state index is 16.2. The Morgan fingerprint density at radius 3 is 2.33 bits per heavy atom. The lowest BCUT2D eigenvalue weighted by molar-refractivity contribution is 0.306. The number of nitrogens with one attached hydrogen (secondary N) is 1. The van der Waals surface area contributed by atoms with Gasteiger partial charge in [0.05, 0.1) is 11.2 Å². The maximum Gasteiger partial charge on any atom is 0.156 e. The number of aromatic nitrogens is 1. The molecule has 6 rings (SSSR count). The van der Waals surface area contributed by atoms with E-state index in [-0.39, 0.29) is 5.82 Å². The van der Waals surface area contributed by atoms with Crippen molar-refractivity contribution in [3.05, 3.63) is 125 Å². The van der Waals surface area contributed by atoms with Gasteiger partial charge in [0, 0.05) is 23.5 Å². The SMILES string of the molecule is Cc1ccccc1-c1c(F)c2cc(OCc3ccccc3)ccc2n1Cc1ccc(CCNC2CCC2)cc1. The highest BCUT2D eigenvalue weighted by Crippen LogP contribution is 2.36. The van der Waals surface area contributed by atoms with Gasteiger partial charge < -0.3 is 14.6 Å². The minimum Gasteiger partial charge on any atom is -0.489 e. The molecule has 1 fully saturated rings. The molecule has 0 saturated heterocycles. The van der Waals surface area contributed by atoms with Crippen LogP contribution in [0.5, 0.6) is 5.75 Å². The Balaban J connectivity index is 1.29. The van der Waals surface area contributed by atoms with Crippen LogP contribution in [-0.2, 0) is 19.6 Å². The van der Waals surface area contributed by atoms with Crippen LogP contribution >= 0.6 is 0 Å². The fraction of sp³-hybridized carbons (Fsp3) is 0.257. The summed E-state index contributed by atoms with van der Waals surface area (Å²) in [4.78, 5) is 0. The topological polar surface area (TPSA) is 26.2 Å². The number of hydrogen-bond donors (Lipinski definition) is 1. The van der Waals surface area contributed by atoms with Crippen molar-refractivity contribution in [1.29, 1.82) is 0 Å². The van der Waals surface area contributed by atoms with Gasteiger partial charge in [0.25, 0.3) is 0 Å². The number of halogens is 1. The van der Waals surface area contributed by atoms with Crippen molar-refractivity contribution in [2.75, 3.05) is 6.54 Å². The molecule has 4 aromatic carbocycles. The molecule has 1 saturated carbocycles. The lowest BCUT2D eigenvalue weighted by Gasteiger charge is -2.26. The molecule has 1 heterocycles. The largest absolute Gasteiger partial charge is 0.489 e. The summed E-state index contributed by atoms with van der Waals surface area (Å²) in [6, 6.07) is 33.3. The summed E-state index contributed by atoms with van der Waals surface area (Å²) < 4.78 is 24.4. The number of rotatable bonds is 10. The van der Waals surface area contributed by atoms with Gasteiger partial charge >= 0.3 is 0 Å². The Labute approximate surface area is 230 Å². The highest BCUT2D eigenvalue weighted by atomic mass is 19.1. The Kier molecular flexibility index (Phi) is 7.46. The molecule has 198 valence electrons. The normalized spacial score (nSPS) is 13.5. The van der Waals surface area contributed by atoms with Crippen molar-refractivity contribution in [3.8, 4) is 17.0 Å². The van der Waals surface area contributed by atoms with Crippen LogP contribution in [0, 0.1) is 12.7 Å². The molecule has 0 bridgehead atoms. The van der Waals surface area contributed by atoms with Gasteiger partial charge in [0.15, 0.2) is 5.82 Å². The first-order valence-corrected chi connectivity index (χ1v) is 14.0. The Morgan fingerprint density at radius 1 is 0.846 bits per heavy atom. The highest BCUT2D eigenvalue weighted by molar-refractivity contribution is 5.89. The Morgan fingerprint density at radius 2 is 1.59 bits per heavy atom. The molecule has 1 aliphatic rings. The fourth-order valence-corrected chi connectivity index (χ4v) is 5.42. The van der Waals surface area contributed by atoms with Crippen LogP contribution in [0.2, 0.25) is 0 Å². The zero-order valence-corrected chi connectivity index (χ0v) is 22.5. The van der Waals surface area contributed by atoms with Crippen molar-refractivity contribution in [2.45, 2.75) is 51.8 Å². The zero-order chi connectivity index (χ0) is 26.6. The molecule has 0 amide bonds. The van der Waals surface area contributed by atoms with Gasteiger partial charge in [-0.3, -0.25) is 0 Å². The van der Waals surface area contributed by atoms with E-state index < -0.39 is 0 Å². The van der Waals surface area contributed by atoms with Crippen LogP contribution in [0.4, 0.5) is 4.39 Å². The molecular formula is C35H35FN2O.